The van der Waals surface area contributed by atoms with Gasteiger partial charge in [-0.3, -0.25) is 0 Å². The number of rotatable bonds is 6. The molecule has 1 N–H and O–H groups in total. The largest absolute Gasteiger partial charge is 0.465 e. The molecule has 1 heterocycles. The number of carbonyl (C=O) groups excluding carboxylic acids is 1. The number of carbonyl (C=O) groups is 1. The molecule has 0 unspecified atom stereocenters. The monoisotopic (exact) mass is 276 g/mol. The standard InChI is InChI=1S/C16H24N2O2/c1-20-16(19)15-7-5-14(6-8-15)13-17-9-12-18-10-3-2-4-11-18/h5-8,17H,2-4,9-13H2,1H3. The van der Waals surface area contributed by atoms with Crippen molar-refractivity contribution in [2.24, 2.45) is 0 Å². The number of hydrogen-bond donors (Lipinski definition) is 1. The molecule has 0 spiro atoms. The van der Waals surface area contributed by atoms with Gasteiger partial charge in [-0.05, 0) is 43.6 Å². The molecule has 0 atom stereocenters. The van der Waals surface area contributed by atoms with Crippen molar-refractivity contribution in [2.45, 2.75) is 25.8 Å². The molecule has 110 valence electrons. The lowest BCUT2D eigenvalue weighted by atomic mass is 10.1. The van der Waals surface area contributed by atoms with Gasteiger partial charge in [0.25, 0.3) is 0 Å². The Kier molecular flexibility index (Phi) is 6.02. The molecule has 0 radical (unpaired) electrons. The zero-order valence-corrected chi connectivity index (χ0v) is 12.2. The SMILES string of the molecule is COC(=O)c1ccc(CNCCN2CCCCC2)cc1. The van der Waals surface area contributed by atoms with Crippen LogP contribution in [0.4, 0.5) is 0 Å². The normalized spacial score (nSPS) is 16.1. The van der Waals surface area contributed by atoms with Gasteiger partial charge in [0.15, 0.2) is 0 Å². The molecule has 0 aliphatic carbocycles. The molecule has 2 rings (SSSR count). The molecule has 1 aliphatic rings. The van der Waals surface area contributed by atoms with Crippen LogP contribution in [0, 0.1) is 0 Å². The maximum atomic E-state index is 11.3. The number of nitrogens with one attached hydrogen (secondary N) is 1. The molecule has 20 heavy (non-hydrogen) atoms. The minimum Gasteiger partial charge on any atom is -0.465 e. The van der Waals surface area contributed by atoms with Crippen LogP contribution in [0.1, 0.15) is 35.2 Å². The fourth-order valence-electron chi connectivity index (χ4n) is 2.53. The third-order valence-corrected chi connectivity index (χ3v) is 3.76. The summed E-state index contributed by atoms with van der Waals surface area (Å²) in [6.45, 7) is 5.47. The van der Waals surface area contributed by atoms with Gasteiger partial charge in [0.05, 0.1) is 12.7 Å². The predicted octanol–water partition coefficient (Wildman–Crippen LogP) is 2.05. The number of ether oxygens (including phenoxy) is 1. The van der Waals surface area contributed by atoms with Crippen LogP contribution in [0.5, 0.6) is 0 Å². The Morgan fingerprint density at radius 2 is 1.90 bits per heavy atom. The van der Waals surface area contributed by atoms with E-state index in [4.69, 9.17) is 0 Å². The maximum absolute atomic E-state index is 11.3. The quantitative estimate of drug-likeness (QED) is 0.638. The van der Waals surface area contributed by atoms with E-state index >= 15 is 0 Å². The lowest BCUT2D eigenvalue weighted by Gasteiger charge is -2.26. The van der Waals surface area contributed by atoms with E-state index in [9.17, 15) is 4.79 Å². The Hall–Kier alpha value is -1.39. The molecule has 4 heteroatoms. The van der Waals surface area contributed by atoms with Crippen molar-refractivity contribution in [1.82, 2.24) is 10.2 Å². The fourth-order valence-corrected chi connectivity index (χ4v) is 2.53. The maximum Gasteiger partial charge on any atom is 0.337 e. The summed E-state index contributed by atoms with van der Waals surface area (Å²) >= 11 is 0. The topological polar surface area (TPSA) is 41.6 Å². The van der Waals surface area contributed by atoms with E-state index in [1.165, 1.54) is 45.0 Å². The van der Waals surface area contributed by atoms with Gasteiger partial charge in [-0.15, -0.1) is 0 Å². The van der Waals surface area contributed by atoms with E-state index in [0.717, 1.165) is 19.6 Å². The first-order valence-corrected chi connectivity index (χ1v) is 7.40. The lowest BCUT2D eigenvalue weighted by Crippen LogP contribution is -2.35. The Morgan fingerprint density at radius 3 is 2.55 bits per heavy atom. The smallest absolute Gasteiger partial charge is 0.337 e. The van der Waals surface area contributed by atoms with Gasteiger partial charge >= 0.3 is 5.97 Å². The Morgan fingerprint density at radius 1 is 1.20 bits per heavy atom. The first kappa shape index (κ1) is 15.0. The van der Waals surface area contributed by atoms with Crippen LogP contribution in [-0.4, -0.2) is 44.2 Å². The van der Waals surface area contributed by atoms with Crippen LogP contribution >= 0.6 is 0 Å². The molecule has 1 aromatic carbocycles. The van der Waals surface area contributed by atoms with E-state index < -0.39 is 0 Å². The van der Waals surface area contributed by atoms with Gasteiger partial charge in [-0.25, -0.2) is 4.79 Å². The Labute approximate surface area is 121 Å². The third-order valence-electron chi connectivity index (χ3n) is 3.76. The van der Waals surface area contributed by atoms with E-state index in [1.807, 2.05) is 24.3 Å². The van der Waals surface area contributed by atoms with Gasteiger partial charge < -0.3 is 15.0 Å². The van der Waals surface area contributed by atoms with Crippen LogP contribution in [0.15, 0.2) is 24.3 Å². The molecule has 0 saturated carbocycles. The summed E-state index contributed by atoms with van der Waals surface area (Å²) in [5.41, 5.74) is 1.79. The van der Waals surface area contributed by atoms with E-state index in [2.05, 4.69) is 15.0 Å². The molecular weight excluding hydrogens is 252 g/mol. The Balaban J connectivity index is 1.67. The summed E-state index contributed by atoms with van der Waals surface area (Å²) in [6, 6.07) is 7.57. The van der Waals surface area contributed by atoms with Crippen LogP contribution in [-0.2, 0) is 11.3 Å². The van der Waals surface area contributed by atoms with E-state index in [0.29, 0.717) is 5.56 Å². The summed E-state index contributed by atoms with van der Waals surface area (Å²) in [5.74, 6) is -0.283. The number of nitrogens with zero attached hydrogens (tertiary/aromatic N) is 1. The van der Waals surface area contributed by atoms with Crippen LogP contribution in [0.3, 0.4) is 0 Å². The van der Waals surface area contributed by atoms with Gasteiger partial charge in [0.2, 0.25) is 0 Å². The highest BCUT2D eigenvalue weighted by molar-refractivity contribution is 5.89. The number of esters is 1. The second kappa shape index (κ2) is 8.02. The van der Waals surface area contributed by atoms with Crippen molar-refractivity contribution in [3.63, 3.8) is 0 Å². The summed E-state index contributed by atoms with van der Waals surface area (Å²) in [4.78, 5) is 13.8. The van der Waals surface area contributed by atoms with Gasteiger partial charge in [0, 0.05) is 19.6 Å². The fraction of sp³-hybridized carbons (Fsp3) is 0.562. The average Bonchev–Trinajstić information content (AvgIpc) is 2.52. The van der Waals surface area contributed by atoms with Crippen LogP contribution in [0.25, 0.3) is 0 Å². The van der Waals surface area contributed by atoms with Crippen molar-refractivity contribution in [2.75, 3.05) is 33.3 Å². The van der Waals surface area contributed by atoms with E-state index in [-0.39, 0.29) is 5.97 Å². The van der Waals surface area contributed by atoms with Crippen molar-refractivity contribution in [1.29, 1.82) is 0 Å². The van der Waals surface area contributed by atoms with Gasteiger partial charge in [0.1, 0.15) is 0 Å². The van der Waals surface area contributed by atoms with E-state index in [1.54, 1.807) is 0 Å². The molecule has 1 fully saturated rings. The van der Waals surface area contributed by atoms with Gasteiger partial charge in [-0.2, -0.15) is 0 Å². The molecule has 0 amide bonds. The summed E-state index contributed by atoms with van der Waals surface area (Å²) in [7, 11) is 1.40. The average molecular weight is 276 g/mol. The van der Waals surface area contributed by atoms with Crippen molar-refractivity contribution < 1.29 is 9.53 Å². The lowest BCUT2D eigenvalue weighted by molar-refractivity contribution is 0.0600. The highest BCUT2D eigenvalue weighted by Gasteiger charge is 2.08. The minimum absolute atomic E-state index is 0.283. The van der Waals surface area contributed by atoms with Crippen molar-refractivity contribution in [3.8, 4) is 0 Å². The Bertz CT molecular complexity index is 411. The van der Waals surface area contributed by atoms with Crippen molar-refractivity contribution in [3.05, 3.63) is 35.4 Å². The number of benzene rings is 1. The van der Waals surface area contributed by atoms with Crippen LogP contribution in [0.2, 0.25) is 0 Å². The highest BCUT2D eigenvalue weighted by atomic mass is 16.5. The van der Waals surface area contributed by atoms with Crippen LogP contribution < -0.4 is 5.32 Å². The summed E-state index contributed by atoms with van der Waals surface area (Å²) in [6.07, 6.45) is 4.07. The highest BCUT2D eigenvalue weighted by Crippen LogP contribution is 2.08. The molecule has 1 saturated heterocycles. The van der Waals surface area contributed by atoms with Gasteiger partial charge in [-0.1, -0.05) is 18.6 Å². The predicted molar refractivity (Wildman–Crippen MR) is 79.8 cm³/mol. The molecule has 0 aromatic heterocycles. The zero-order chi connectivity index (χ0) is 14.2. The second-order valence-corrected chi connectivity index (χ2v) is 5.27. The number of piperidine rings is 1. The minimum atomic E-state index is -0.283. The molecule has 4 nitrogen and oxygen atoms in total. The first-order chi connectivity index (χ1) is 9.79. The molecular formula is C16H24N2O2. The third kappa shape index (κ3) is 4.62. The number of methoxy groups -OCH3 is 1. The zero-order valence-electron chi connectivity index (χ0n) is 12.2. The summed E-state index contributed by atoms with van der Waals surface area (Å²) in [5, 5.41) is 3.45. The van der Waals surface area contributed by atoms with Crippen molar-refractivity contribution >= 4 is 5.97 Å². The number of hydrogen-bond acceptors (Lipinski definition) is 4. The molecule has 1 aliphatic heterocycles. The first-order valence-electron chi connectivity index (χ1n) is 7.40. The molecule has 1 aromatic rings. The summed E-state index contributed by atoms with van der Waals surface area (Å²) < 4.78 is 4.68. The number of likely N-dealkylation sites (tertiary alicyclic amines) is 1. The second-order valence-electron chi connectivity index (χ2n) is 5.27. The molecule has 0 bridgehead atoms.